The minimum Gasteiger partial charge on any atom is -0.366 e. The molecule has 7 nitrogen and oxygen atoms in total. The maximum atomic E-state index is 12.7. The topological polar surface area (TPSA) is 70.1 Å². The largest absolute Gasteiger partial charge is 0.366 e. The van der Waals surface area contributed by atoms with E-state index in [0.29, 0.717) is 11.4 Å². The van der Waals surface area contributed by atoms with Gasteiger partial charge in [0, 0.05) is 38.1 Å². The van der Waals surface area contributed by atoms with Crippen molar-refractivity contribution in [2.24, 2.45) is 0 Å². The number of fused-ring (bicyclic) bond motifs is 1. The van der Waals surface area contributed by atoms with Crippen LogP contribution in [0, 0.1) is 0 Å². The highest BCUT2D eigenvalue weighted by Gasteiger charge is 2.21. The molecule has 1 fully saturated rings. The Morgan fingerprint density at radius 2 is 1.80 bits per heavy atom. The number of hydrogen-bond acceptors (Lipinski definition) is 5. The van der Waals surface area contributed by atoms with Gasteiger partial charge in [0.1, 0.15) is 5.02 Å². The second-order valence-electron chi connectivity index (χ2n) is 7.45. The number of benzene rings is 2. The molecule has 0 unspecified atom stereocenters. The summed E-state index contributed by atoms with van der Waals surface area (Å²) >= 11 is 6.45. The van der Waals surface area contributed by atoms with Crippen molar-refractivity contribution < 1.29 is 0 Å². The molecular weight excluding hydrogens is 400 g/mol. The third kappa shape index (κ3) is 3.58. The Morgan fingerprint density at radius 1 is 1.00 bits per heavy atom. The molecule has 1 N–H and O–H groups in total. The van der Waals surface area contributed by atoms with Crippen molar-refractivity contribution in [2.75, 3.05) is 31.1 Å². The summed E-state index contributed by atoms with van der Waals surface area (Å²) in [6.07, 6.45) is 3.53. The first kappa shape index (κ1) is 18.8. The van der Waals surface area contributed by atoms with Crippen LogP contribution >= 0.6 is 11.6 Å². The molecule has 0 aliphatic carbocycles. The maximum Gasteiger partial charge on any atom is 0.292 e. The van der Waals surface area contributed by atoms with Crippen molar-refractivity contribution in [3.8, 4) is 5.69 Å². The van der Waals surface area contributed by atoms with Crippen LogP contribution in [0.2, 0.25) is 5.02 Å². The van der Waals surface area contributed by atoms with Gasteiger partial charge in [0.25, 0.3) is 5.56 Å². The Morgan fingerprint density at radius 3 is 2.60 bits per heavy atom. The summed E-state index contributed by atoms with van der Waals surface area (Å²) in [6, 6.07) is 15.7. The van der Waals surface area contributed by atoms with Crippen LogP contribution in [0.1, 0.15) is 5.56 Å². The normalized spacial score (nSPS) is 15.0. The van der Waals surface area contributed by atoms with Crippen LogP contribution < -0.4 is 10.5 Å². The number of nitrogens with one attached hydrogen (secondary N) is 1. The Labute approximate surface area is 178 Å². The van der Waals surface area contributed by atoms with Crippen molar-refractivity contribution in [1.82, 2.24) is 24.9 Å². The first-order valence-electron chi connectivity index (χ1n) is 9.91. The maximum absolute atomic E-state index is 12.7. The fourth-order valence-electron chi connectivity index (χ4n) is 3.89. The van der Waals surface area contributed by atoms with Gasteiger partial charge < -0.3 is 4.90 Å². The predicted molar refractivity (Wildman–Crippen MR) is 118 cm³/mol. The van der Waals surface area contributed by atoms with Crippen molar-refractivity contribution >= 4 is 28.2 Å². The van der Waals surface area contributed by atoms with Gasteiger partial charge in [-0.1, -0.05) is 41.9 Å². The van der Waals surface area contributed by atoms with Crippen molar-refractivity contribution in [3.05, 3.63) is 81.9 Å². The van der Waals surface area contributed by atoms with E-state index in [1.165, 1.54) is 10.2 Å². The number of halogens is 1. The van der Waals surface area contributed by atoms with E-state index >= 15 is 0 Å². The van der Waals surface area contributed by atoms with Crippen LogP contribution in [0.15, 0.2) is 65.7 Å². The minimum atomic E-state index is -0.296. The number of hydrogen-bond donors (Lipinski definition) is 1. The summed E-state index contributed by atoms with van der Waals surface area (Å²) in [7, 11) is 0. The van der Waals surface area contributed by atoms with Crippen molar-refractivity contribution in [2.45, 2.75) is 6.54 Å². The third-order valence-corrected chi connectivity index (χ3v) is 5.88. The first-order chi connectivity index (χ1) is 14.7. The number of H-pyrrole nitrogens is 1. The average Bonchev–Trinajstić information content (AvgIpc) is 3.25. The molecular formula is C22H21ClN6O. The number of rotatable bonds is 4. The second-order valence-corrected chi connectivity index (χ2v) is 7.83. The quantitative estimate of drug-likeness (QED) is 0.549. The smallest absolute Gasteiger partial charge is 0.292 e. The number of para-hydroxylation sites is 1. The molecule has 2 aromatic heterocycles. The van der Waals surface area contributed by atoms with Crippen LogP contribution in [0.25, 0.3) is 16.6 Å². The summed E-state index contributed by atoms with van der Waals surface area (Å²) < 4.78 is 1.34. The van der Waals surface area contributed by atoms with Gasteiger partial charge in [-0.2, -0.15) is 14.9 Å². The van der Waals surface area contributed by atoms with E-state index in [1.54, 1.807) is 6.20 Å². The average molecular weight is 421 g/mol. The molecule has 0 atom stereocenters. The molecule has 1 saturated heterocycles. The van der Waals surface area contributed by atoms with Crippen LogP contribution in [-0.4, -0.2) is 51.1 Å². The third-order valence-electron chi connectivity index (χ3n) is 5.53. The van der Waals surface area contributed by atoms with Crippen LogP contribution in [0.5, 0.6) is 0 Å². The minimum absolute atomic E-state index is 0.215. The summed E-state index contributed by atoms with van der Waals surface area (Å²) in [6.45, 7) is 4.24. The number of anilines is 1. The first-order valence-corrected chi connectivity index (χ1v) is 10.3. The fourth-order valence-corrected chi connectivity index (χ4v) is 4.13. The summed E-state index contributed by atoms with van der Waals surface area (Å²) in [5, 5.41) is 12.8. The Bertz CT molecular complexity index is 1230. The molecule has 3 heterocycles. The monoisotopic (exact) mass is 420 g/mol. The summed E-state index contributed by atoms with van der Waals surface area (Å²) in [5.74, 6) is 0. The Kier molecular flexibility index (Phi) is 4.98. The molecule has 1 aliphatic rings. The highest BCUT2D eigenvalue weighted by atomic mass is 35.5. The molecule has 0 amide bonds. The molecule has 2 aromatic carbocycles. The van der Waals surface area contributed by atoms with Gasteiger partial charge in [0.2, 0.25) is 0 Å². The summed E-state index contributed by atoms with van der Waals surface area (Å²) in [5.41, 5.74) is 3.42. The molecule has 0 spiro atoms. The molecule has 152 valence electrons. The lowest BCUT2D eigenvalue weighted by atomic mass is 10.1. The molecule has 1 aliphatic heterocycles. The van der Waals surface area contributed by atoms with E-state index in [0.717, 1.165) is 43.6 Å². The zero-order valence-corrected chi connectivity index (χ0v) is 17.1. The highest BCUT2D eigenvalue weighted by Crippen LogP contribution is 2.24. The standard InChI is InChI=1S/C22H21ClN6O/c23-21-20(14-25-29(22(21)30)18-4-2-1-3-5-18)28-10-8-27(9-11-28)15-16-6-7-17-13-24-26-19(17)12-16/h1-7,12-14H,8-11,15H2,(H,24,26). The van der Waals surface area contributed by atoms with E-state index in [1.807, 2.05) is 36.5 Å². The zero-order valence-electron chi connectivity index (χ0n) is 16.3. The van der Waals surface area contributed by atoms with Crippen molar-refractivity contribution in [3.63, 3.8) is 0 Å². The lowest BCUT2D eigenvalue weighted by molar-refractivity contribution is 0.250. The van der Waals surface area contributed by atoms with Gasteiger partial charge in [0.05, 0.1) is 29.3 Å². The molecule has 4 aromatic rings. The Balaban J connectivity index is 1.28. The highest BCUT2D eigenvalue weighted by molar-refractivity contribution is 6.33. The number of aromatic amines is 1. The lowest BCUT2D eigenvalue weighted by Crippen LogP contribution is -2.46. The predicted octanol–water partition coefficient (Wildman–Crippen LogP) is 3.08. The second kappa shape index (κ2) is 7.93. The van der Waals surface area contributed by atoms with Crippen molar-refractivity contribution in [1.29, 1.82) is 0 Å². The zero-order chi connectivity index (χ0) is 20.5. The molecule has 0 radical (unpaired) electrons. The van der Waals surface area contributed by atoms with Crippen LogP contribution in [0.3, 0.4) is 0 Å². The van der Waals surface area contributed by atoms with Crippen LogP contribution in [0.4, 0.5) is 5.69 Å². The van der Waals surface area contributed by atoms with E-state index in [4.69, 9.17) is 11.6 Å². The molecule has 5 rings (SSSR count). The van der Waals surface area contributed by atoms with Gasteiger partial charge in [-0.25, -0.2) is 0 Å². The van der Waals surface area contributed by atoms with Gasteiger partial charge >= 0.3 is 0 Å². The lowest BCUT2D eigenvalue weighted by Gasteiger charge is -2.36. The van der Waals surface area contributed by atoms with Gasteiger partial charge in [-0.05, 0) is 23.8 Å². The van der Waals surface area contributed by atoms with E-state index in [9.17, 15) is 4.79 Å². The van der Waals surface area contributed by atoms with Gasteiger partial charge in [-0.3, -0.25) is 14.8 Å². The fraction of sp³-hybridized carbons (Fsp3) is 0.227. The van der Waals surface area contributed by atoms with Gasteiger partial charge in [-0.15, -0.1) is 0 Å². The van der Waals surface area contributed by atoms with Gasteiger partial charge in [0.15, 0.2) is 0 Å². The molecule has 0 saturated carbocycles. The number of nitrogens with zero attached hydrogens (tertiary/aromatic N) is 5. The number of aromatic nitrogens is 4. The van der Waals surface area contributed by atoms with E-state index in [-0.39, 0.29) is 10.6 Å². The molecule has 8 heteroatoms. The van der Waals surface area contributed by atoms with Crippen LogP contribution in [-0.2, 0) is 6.54 Å². The molecule has 0 bridgehead atoms. The van der Waals surface area contributed by atoms with E-state index in [2.05, 4.69) is 43.3 Å². The molecule has 30 heavy (non-hydrogen) atoms. The SMILES string of the molecule is O=c1c(Cl)c(N2CCN(Cc3ccc4cn[nH]c4c3)CC2)cnn1-c1ccccc1. The van der Waals surface area contributed by atoms with E-state index < -0.39 is 0 Å². The summed E-state index contributed by atoms with van der Waals surface area (Å²) in [4.78, 5) is 17.3. The Hall–Kier alpha value is -3.16. The number of piperazine rings is 1.